The van der Waals surface area contributed by atoms with Crippen molar-refractivity contribution < 1.29 is 41.5 Å². The standard InChI is InChI=1S/C6H15I3OS/c1-4-7-6(3)8-9(11)10-5-2/h6,11H,4-5H2,1-3H3/q-2. The van der Waals surface area contributed by atoms with Crippen LogP contribution < -0.4 is 38.4 Å². The monoisotopic (exact) mass is 516 g/mol. The van der Waals surface area contributed by atoms with Crippen molar-refractivity contribution in [3.63, 3.8) is 0 Å². The first kappa shape index (κ1) is 13.5. The topological polar surface area (TPSA) is 9.23 Å². The van der Waals surface area contributed by atoms with Crippen molar-refractivity contribution in [3.8, 4) is 0 Å². The first-order valence-electron chi connectivity index (χ1n) is 3.45. The molecule has 74 valence electrons. The van der Waals surface area contributed by atoms with E-state index in [4.69, 9.17) is 3.07 Å². The van der Waals surface area contributed by atoms with Gasteiger partial charge in [-0.1, -0.05) is 0 Å². The minimum absolute atomic E-state index is 0.334. The summed E-state index contributed by atoms with van der Waals surface area (Å²) in [5.41, 5.74) is 0. The molecule has 1 unspecified atom stereocenters. The van der Waals surface area contributed by atoms with Crippen LogP contribution in [0.2, 0.25) is 0 Å². The Bertz CT molecular complexity index is 83.9. The predicted octanol–water partition coefficient (Wildman–Crippen LogP) is -3.25. The van der Waals surface area contributed by atoms with E-state index in [0.717, 1.165) is 8.54 Å². The zero-order valence-corrected chi connectivity index (χ0v) is 14.3. The summed E-state index contributed by atoms with van der Waals surface area (Å²) in [4.78, 5) is 0. The molecule has 0 spiro atoms. The first-order valence-corrected chi connectivity index (χ1v) is 17.9. The summed E-state index contributed by atoms with van der Waals surface area (Å²) >= 11 is -0.305. The Morgan fingerprint density at radius 2 is 2.18 bits per heavy atom. The van der Waals surface area contributed by atoms with Gasteiger partial charge < -0.3 is 0 Å². The summed E-state index contributed by atoms with van der Waals surface area (Å²) in [5, 5.41) is 0. The Labute approximate surface area is 98.1 Å². The Kier molecular flexibility index (Phi) is 11.1. The molecule has 1 atom stereocenters. The molecule has 0 bridgehead atoms. The van der Waals surface area contributed by atoms with Crippen LogP contribution in [0, 0.1) is 0 Å². The fourth-order valence-electron chi connectivity index (χ4n) is 0.446. The van der Waals surface area contributed by atoms with Gasteiger partial charge in [0.05, 0.1) is 0 Å². The second-order valence-corrected chi connectivity index (χ2v) is 26.8. The molecule has 0 amide bonds. The maximum absolute atomic E-state index is 5.55. The summed E-state index contributed by atoms with van der Waals surface area (Å²) < 4.78 is 8.00. The number of hydrogen-bond donors (Lipinski definition) is 1. The van der Waals surface area contributed by atoms with E-state index in [1.807, 2.05) is 0 Å². The molecule has 5 heteroatoms. The quantitative estimate of drug-likeness (QED) is 0.222. The number of thiol groups is 1. The SMILES string of the molecule is CCOI(S)[I-]C(C)[I-]CC. The maximum atomic E-state index is 5.55. The van der Waals surface area contributed by atoms with Crippen molar-refractivity contribution in [1.29, 1.82) is 0 Å². The van der Waals surface area contributed by atoms with Crippen molar-refractivity contribution >= 4 is 24.7 Å². The van der Waals surface area contributed by atoms with E-state index in [0.29, 0.717) is 38.4 Å². The van der Waals surface area contributed by atoms with Crippen LogP contribution in [0.5, 0.6) is 0 Å². The number of halogens is 3. The molecule has 11 heavy (non-hydrogen) atoms. The zero-order chi connectivity index (χ0) is 8.69. The van der Waals surface area contributed by atoms with Gasteiger partial charge in [-0.25, -0.2) is 0 Å². The molecule has 1 nitrogen and oxygen atoms in total. The molecule has 0 saturated carbocycles. The molecule has 0 aliphatic rings. The zero-order valence-electron chi connectivity index (χ0n) is 6.98. The molecule has 0 heterocycles. The van der Waals surface area contributed by atoms with Crippen molar-refractivity contribution in [1.82, 2.24) is 0 Å². The van der Waals surface area contributed by atoms with Crippen LogP contribution in [-0.2, 0) is 3.07 Å². The van der Waals surface area contributed by atoms with Gasteiger partial charge in [0, 0.05) is 0 Å². The molecule has 0 aliphatic heterocycles. The van der Waals surface area contributed by atoms with E-state index < -0.39 is 14.9 Å². The van der Waals surface area contributed by atoms with Crippen molar-refractivity contribution in [2.45, 2.75) is 22.7 Å². The third kappa shape index (κ3) is 8.82. The van der Waals surface area contributed by atoms with Gasteiger partial charge in [-0.2, -0.15) is 0 Å². The summed E-state index contributed by atoms with van der Waals surface area (Å²) in [5.74, 6) is 0. The average molecular weight is 516 g/mol. The average Bonchev–Trinajstić information content (AvgIpc) is 1.87. The predicted molar refractivity (Wildman–Crippen MR) is 54.6 cm³/mol. The molecular weight excluding hydrogens is 501 g/mol. The molecule has 0 rings (SSSR count). The van der Waals surface area contributed by atoms with E-state index in [9.17, 15) is 0 Å². The summed E-state index contributed by atoms with van der Waals surface area (Å²) in [6, 6.07) is 0. The number of hydrogen-bond acceptors (Lipinski definition) is 2. The fraction of sp³-hybridized carbons (Fsp3) is 1.00. The summed E-state index contributed by atoms with van der Waals surface area (Å²) in [7, 11) is 4.54. The minimum atomic E-state index is -1.12. The molecule has 0 radical (unpaired) electrons. The second kappa shape index (κ2) is 9.07. The molecular formula is C6H15I3OS-2. The Morgan fingerprint density at radius 1 is 1.55 bits per heavy atom. The van der Waals surface area contributed by atoms with Crippen molar-refractivity contribution in [2.75, 3.05) is 11.0 Å². The molecule has 0 aromatic carbocycles. The van der Waals surface area contributed by atoms with Gasteiger partial charge in [-0.05, 0) is 0 Å². The van der Waals surface area contributed by atoms with Crippen LogP contribution in [0.25, 0.3) is 0 Å². The molecule has 0 aromatic rings. The number of rotatable bonds is 6. The summed E-state index contributed by atoms with van der Waals surface area (Å²) in [6.07, 6.45) is 0. The molecule has 0 fully saturated rings. The summed E-state index contributed by atoms with van der Waals surface area (Å²) in [6.45, 7) is 7.64. The van der Waals surface area contributed by atoms with Crippen LogP contribution >= 0.6 is 24.7 Å². The molecule has 0 aliphatic carbocycles. The van der Waals surface area contributed by atoms with Gasteiger partial charge in [0.15, 0.2) is 0 Å². The third-order valence-electron chi connectivity index (χ3n) is 0.750. The van der Waals surface area contributed by atoms with Gasteiger partial charge in [0.2, 0.25) is 0 Å². The van der Waals surface area contributed by atoms with Gasteiger partial charge in [0.1, 0.15) is 0 Å². The molecule has 0 saturated heterocycles. The van der Waals surface area contributed by atoms with E-state index in [1.165, 1.54) is 4.43 Å². The first-order chi connectivity index (χ1) is 5.20. The van der Waals surface area contributed by atoms with Gasteiger partial charge >= 0.3 is 99.9 Å². The Morgan fingerprint density at radius 3 is 2.64 bits per heavy atom. The van der Waals surface area contributed by atoms with E-state index in [2.05, 4.69) is 30.6 Å². The molecule has 0 N–H and O–H groups in total. The molecule has 0 aromatic heterocycles. The van der Waals surface area contributed by atoms with Gasteiger partial charge in [-0.3, -0.25) is 0 Å². The van der Waals surface area contributed by atoms with Crippen LogP contribution in [0.1, 0.15) is 20.8 Å². The number of alkyl halides is 3. The Balaban J connectivity index is 3.32. The van der Waals surface area contributed by atoms with Gasteiger partial charge in [-0.15, -0.1) is 0 Å². The van der Waals surface area contributed by atoms with E-state index >= 15 is 0 Å². The van der Waals surface area contributed by atoms with Gasteiger partial charge in [0.25, 0.3) is 0 Å². The Hall–Kier alpha value is 2.50. The van der Waals surface area contributed by atoms with Crippen molar-refractivity contribution in [3.05, 3.63) is 0 Å². The van der Waals surface area contributed by atoms with Crippen LogP contribution in [-0.4, -0.2) is 13.0 Å². The van der Waals surface area contributed by atoms with Crippen LogP contribution in [0.15, 0.2) is 0 Å². The van der Waals surface area contributed by atoms with Crippen LogP contribution in [0.3, 0.4) is 0 Å². The van der Waals surface area contributed by atoms with E-state index in [1.54, 1.807) is 0 Å². The van der Waals surface area contributed by atoms with E-state index in [-0.39, 0.29) is 0 Å². The normalized spacial score (nSPS) is 15.5. The third-order valence-corrected chi connectivity index (χ3v) is 27.9. The van der Waals surface area contributed by atoms with Crippen LogP contribution in [0.4, 0.5) is 0 Å². The second-order valence-electron chi connectivity index (χ2n) is 1.61. The fourth-order valence-corrected chi connectivity index (χ4v) is 37.2. The van der Waals surface area contributed by atoms with Crippen molar-refractivity contribution in [2.24, 2.45) is 0 Å².